The molecule has 0 spiro atoms. The molecule has 1 saturated heterocycles. The van der Waals surface area contributed by atoms with Crippen LogP contribution in [0.25, 0.3) is 0 Å². The summed E-state index contributed by atoms with van der Waals surface area (Å²) in [5, 5.41) is 12.2. The van der Waals surface area contributed by atoms with Crippen molar-refractivity contribution in [1.82, 2.24) is 20.2 Å². The average molecular weight is 294 g/mol. The minimum absolute atomic E-state index is 0.293. The fourth-order valence-electron chi connectivity index (χ4n) is 2.65. The lowest BCUT2D eigenvalue weighted by Crippen LogP contribution is -2.60. The van der Waals surface area contributed by atoms with E-state index in [9.17, 15) is 14.7 Å². The van der Waals surface area contributed by atoms with Crippen molar-refractivity contribution in [2.24, 2.45) is 0 Å². The molecule has 2 rings (SSSR count). The molecule has 7 heteroatoms. The molecule has 1 aromatic rings. The van der Waals surface area contributed by atoms with E-state index in [1.54, 1.807) is 19.3 Å². The van der Waals surface area contributed by atoms with Crippen LogP contribution in [0.4, 0.5) is 4.79 Å². The highest BCUT2D eigenvalue weighted by Crippen LogP contribution is 2.28. The van der Waals surface area contributed by atoms with Gasteiger partial charge >= 0.3 is 12.0 Å². The van der Waals surface area contributed by atoms with Crippen molar-refractivity contribution < 1.29 is 14.7 Å². The maximum absolute atomic E-state index is 12.2. The second kappa shape index (κ2) is 6.60. The van der Waals surface area contributed by atoms with Crippen LogP contribution in [0.2, 0.25) is 0 Å². The van der Waals surface area contributed by atoms with Crippen LogP contribution >= 0.6 is 0 Å². The van der Waals surface area contributed by atoms with Gasteiger partial charge < -0.3 is 20.3 Å². The lowest BCUT2D eigenvalue weighted by atomic mass is 9.89. The van der Waals surface area contributed by atoms with Gasteiger partial charge in [0.05, 0.1) is 0 Å². The summed E-state index contributed by atoms with van der Waals surface area (Å²) in [6, 6.07) is -0.293. The van der Waals surface area contributed by atoms with Crippen LogP contribution in [0.3, 0.4) is 0 Å². The quantitative estimate of drug-likeness (QED) is 0.714. The van der Waals surface area contributed by atoms with Crippen molar-refractivity contribution in [3.05, 3.63) is 18.2 Å². The monoisotopic (exact) mass is 294 g/mol. The first-order valence-electron chi connectivity index (χ1n) is 7.31. The van der Waals surface area contributed by atoms with E-state index in [0.29, 0.717) is 19.5 Å². The number of likely N-dealkylation sites (tertiary alicyclic amines) is 1. The van der Waals surface area contributed by atoms with Gasteiger partial charge in [-0.3, -0.25) is 0 Å². The standard InChI is InChI=1S/C14H22N4O3/c1-14(12(19)20)6-2-3-10-18(14)13(21)17-7-4-5-11-15-8-9-16-11/h8-9H,2-7,10H2,1H3,(H,15,16)(H,17,21)(H,19,20). The number of carbonyl (C=O) groups excluding carboxylic acids is 1. The molecule has 2 heterocycles. The van der Waals surface area contributed by atoms with Crippen molar-refractivity contribution in [3.63, 3.8) is 0 Å². The summed E-state index contributed by atoms with van der Waals surface area (Å²) >= 11 is 0. The third-order valence-electron chi connectivity index (χ3n) is 4.02. The Morgan fingerprint density at radius 1 is 1.52 bits per heavy atom. The number of aromatic amines is 1. The van der Waals surface area contributed by atoms with Crippen molar-refractivity contribution >= 4 is 12.0 Å². The Balaban J connectivity index is 1.82. The van der Waals surface area contributed by atoms with Crippen LogP contribution in [0.1, 0.15) is 38.4 Å². The van der Waals surface area contributed by atoms with Gasteiger partial charge in [0.2, 0.25) is 0 Å². The Kier molecular flexibility index (Phi) is 4.82. The summed E-state index contributed by atoms with van der Waals surface area (Å²) in [5.41, 5.74) is -1.09. The molecule has 3 N–H and O–H groups in total. The lowest BCUT2D eigenvalue weighted by Gasteiger charge is -2.41. The number of piperidine rings is 1. The van der Waals surface area contributed by atoms with Gasteiger partial charge in [-0.05, 0) is 32.6 Å². The number of carboxylic acids is 1. The van der Waals surface area contributed by atoms with Crippen LogP contribution in [-0.2, 0) is 11.2 Å². The van der Waals surface area contributed by atoms with Crippen molar-refractivity contribution in [1.29, 1.82) is 0 Å². The van der Waals surface area contributed by atoms with Crippen LogP contribution in [0, 0.1) is 0 Å². The number of hydrogen-bond donors (Lipinski definition) is 3. The van der Waals surface area contributed by atoms with Gasteiger partial charge in [0.15, 0.2) is 0 Å². The first kappa shape index (κ1) is 15.3. The van der Waals surface area contributed by atoms with Gasteiger partial charge in [-0.2, -0.15) is 0 Å². The second-order valence-corrected chi connectivity index (χ2v) is 5.56. The van der Waals surface area contributed by atoms with E-state index in [1.807, 2.05) is 0 Å². The zero-order valence-electron chi connectivity index (χ0n) is 12.3. The highest BCUT2D eigenvalue weighted by Gasteiger charge is 2.43. The number of hydrogen-bond acceptors (Lipinski definition) is 3. The number of imidazole rings is 1. The van der Waals surface area contributed by atoms with Gasteiger partial charge in [-0.25, -0.2) is 14.6 Å². The van der Waals surface area contributed by atoms with E-state index in [0.717, 1.165) is 31.5 Å². The van der Waals surface area contributed by atoms with Gasteiger partial charge in [-0.1, -0.05) is 0 Å². The van der Waals surface area contributed by atoms with Gasteiger partial charge in [0, 0.05) is 31.9 Å². The molecule has 0 aromatic carbocycles. The van der Waals surface area contributed by atoms with E-state index in [2.05, 4.69) is 15.3 Å². The van der Waals surface area contributed by atoms with E-state index in [1.165, 1.54) is 4.90 Å². The zero-order chi connectivity index (χ0) is 15.3. The van der Waals surface area contributed by atoms with Gasteiger partial charge in [0.1, 0.15) is 11.4 Å². The molecule has 1 unspecified atom stereocenters. The Bertz CT molecular complexity index is 488. The number of nitrogens with one attached hydrogen (secondary N) is 2. The predicted octanol–water partition coefficient (Wildman–Crippen LogP) is 1.38. The molecule has 2 amide bonds. The Labute approximate surface area is 123 Å². The van der Waals surface area contributed by atoms with Crippen molar-refractivity contribution in [2.75, 3.05) is 13.1 Å². The molecule has 1 fully saturated rings. The van der Waals surface area contributed by atoms with E-state index in [-0.39, 0.29) is 6.03 Å². The van der Waals surface area contributed by atoms with E-state index < -0.39 is 11.5 Å². The summed E-state index contributed by atoms with van der Waals surface area (Å²) in [6.07, 6.45) is 7.16. The molecule has 7 nitrogen and oxygen atoms in total. The molecule has 0 aliphatic carbocycles. The summed E-state index contributed by atoms with van der Waals surface area (Å²) in [6.45, 7) is 2.62. The number of aryl methyl sites for hydroxylation is 1. The Morgan fingerprint density at radius 2 is 2.33 bits per heavy atom. The largest absolute Gasteiger partial charge is 0.480 e. The molecule has 1 aliphatic heterocycles. The number of urea groups is 1. The number of aliphatic carboxylic acids is 1. The molecule has 0 radical (unpaired) electrons. The summed E-state index contributed by atoms with van der Waals surface area (Å²) in [7, 11) is 0. The van der Waals surface area contributed by atoms with Crippen molar-refractivity contribution in [2.45, 2.75) is 44.6 Å². The van der Waals surface area contributed by atoms with Crippen LogP contribution < -0.4 is 5.32 Å². The van der Waals surface area contributed by atoms with E-state index >= 15 is 0 Å². The van der Waals surface area contributed by atoms with Gasteiger partial charge in [-0.15, -0.1) is 0 Å². The molecular formula is C14H22N4O3. The molecular weight excluding hydrogens is 272 g/mol. The Morgan fingerprint density at radius 3 is 3.00 bits per heavy atom. The number of H-pyrrole nitrogens is 1. The number of nitrogens with zero attached hydrogens (tertiary/aromatic N) is 2. The topological polar surface area (TPSA) is 98.3 Å². The highest BCUT2D eigenvalue weighted by molar-refractivity contribution is 5.86. The summed E-state index contributed by atoms with van der Waals surface area (Å²) in [4.78, 5) is 32.2. The maximum atomic E-state index is 12.2. The minimum Gasteiger partial charge on any atom is -0.480 e. The lowest BCUT2D eigenvalue weighted by molar-refractivity contribution is -0.150. The second-order valence-electron chi connectivity index (χ2n) is 5.56. The van der Waals surface area contributed by atoms with Crippen LogP contribution in [0.15, 0.2) is 12.4 Å². The number of amides is 2. The maximum Gasteiger partial charge on any atom is 0.329 e. The van der Waals surface area contributed by atoms with Gasteiger partial charge in [0.25, 0.3) is 0 Å². The van der Waals surface area contributed by atoms with E-state index in [4.69, 9.17) is 0 Å². The number of rotatable bonds is 5. The normalized spacial score (nSPS) is 22.0. The third-order valence-corrected chi connectivity index (χ3v) is 4.02. The molecule has 0 saturated carbocycles. The molecule has 1 aliphatic rings. The number of carboxylic acid groups (broad SMARTS) is 1. The minimum atomic E-state index is -1.09. The molecule has 0 bridgehead atoms. The average Bonchev–Trinajstić information content (AvgIpc) is 2.97. The third kappa shape index (κ3) is 3.53. The first-order chi connectivity index (χ1) is 10.0. The van der Waals surface area contributed by atoms with Crippen LogP contribution in [-0.4, -0.2) is 50.6 Å². The molecule has 21 heavy (non-hydrogen) atoms. The SMILES string of the molecule is CC1(C(=O)O)CCCCN1C(=O)NCCCc1ncc[nH]1. The first-order valence-corrected chi connectivity index (χ1v) is 7.31. The van der Waals surface area contributed by atoms with Crippen LogP contribution in [0.5, 0.6) is 0 Å². The molecule has 1 atom stereocenters. The zero-order valence-corrected chi connectivity index (χ0v) is 12.3. The Hall–Kier alpha value is -2.05. The molecule has 116 valence electrons. The fraction of sp³-hybridized carbons (Fsp3) is 0.643. The summed E-state index contributed by atoms with van der Waals surface area (Å²) < 4.78 is 0. The number of carbonyl (C=O) groups is 2. The predicted molar refractivity (Wildman–Crippen MR) is 76.9 cm³/mol. The smallest absolute Gasteiger partial charge is 0.329 e. The number of aromatic nitrogens is 2. The van der Waals surface area contributed by atoms with Crippen molar-refractivity contribution in [3.8, 4) is 0 Å². The fourth-order valence-corrected chi connectivity index (χ4v) is 2.65. The highest BCUT2D eigenvalue weighted by atomic mass is 16.4. The molecule has 1 aromatic heterocycles. The summed E-state index contributed by atoms with van der Waals surface area (Å²) in [5.74, 6) is -0.0504.